The van der Waals surface area contributed by atoms with Crippen LogP contribution in [0.2, 0.25) is 0 Å². The van der Waals surface area contributed by atoms with Crippen LogP contribution < -0.4 is 0 Å². The molecule has 9 heteroatoms. The first-order chi connectivity index (χ1) is 12.4. The standard InChI is InChI=1S/C18H14F7NO/c1-11(27)26(10-17(20,21)22)9-12-8-13(18(23,24)25)6-7-14(12)15-4-2-3-5-16(15)19/h2-8H,9-10H2,1H3. The number of hydrogen-bond donors (Lipinski definition) is 0. The summed E-state index contributed by atoms with van der Waals surface area (Å²) in [5.41, 5.74) is -1.44. The van der Waals surface area contributed by atoms with Crippen molar-refractivity contribution in [1.29, 1.82) is 0 Å². The van der Waals surface area contributed by atoms with E-state index in [0.717, 1.165) is 19.1 Å². The highest BCUT2D eigenvalue weighted by Crippen LogP contribution is 2.35. The number of carbonyl (C=O) groups is 1. The zero-order valence-corrected chi connectivity index (χ0v) is 14.0. The molecule has 0 aliphatic rings. The van der Waals surface area contributed by atoms with E-state index in [2.05, 4.69) is 0 Å². The van der Waals surface area contributed by atoms with Crippen LogP contribution in [0.1, 0.15) is 18.1 Å². The number of carbonyl (C=O) groups excluding carboxylic acids is 1. The molecule has 2 aromatic carbocycles. The Morgan fingerprint density at radius 2 is 1.59 bits per heavy atom. The lowest BCUT2D eigenvalue weighted by atomic mass is 9.96. The largest absolute Gasteiger partial charge is 0.416 e. The average Bonchev–Trinajstić information content (AvgIpc) is 2.52. The smallest absolute Gasteiger partial charge is 0.329 e. The van der Waals surface area contributed by atoms with Crippen LogP contribution in [0.15, 0.2) is 42.5 Å². The van der Waals surface area contributed by atoms with E-state index in [1.807, 2.05) is 0 Å². The summed E-state index contributed by atoms with van der Waals surface area (Å²) < 4.78 is 91.2. The first-order valence-corrected chi connectivity index (χ1v) is 7.66. The van der Waals surface area contributed by atoms with Crippen molar-refractivity contribution in [3.8, 4) is 11.1 Å². The second-order valence-corrected chi connectivity index (χ2v) is 5.84. The molecule has 2 aromatic rings. The molecule has 0 saturated heterocycles. The molecular formula is C18H14F7NO. The molecule has 0 aliphatic heterocycles. The molecule has 0 bridgehead atoms. The predicted molar refractivity (Wildman–Crippen MR) is 84.0 cm³/mol. The zero-order chi connectivity index (χ0) is 20.4. The number of benzene rings is 2. The molecule has 146 valence electrons. The highest BCUT2D eigenvalue weighted by Gasteiger charge is 2.34. The summed E-state index contributed by atoms with van der Waals surface area (Å²) in [5.74, 6) is -1.71. The van der Waals surface area contributed by atoms with E-state index in [1.165, 1.54) is 18.2 Å². The van der Waals surface area contributed by atoms with Crippen molar-refractivity contribution in [1.82, 2.24) is 4.90 Å². The van der Waals surface area contributed by atoms with Crippen LogP contribution in [0.3, 0.4) is 0 Å². The summed E-state index contributed by atoms with van der Waals surface area (Å²) in [6, 6.07) is 7.52. The zero-order valence-electron chi connectivity index (χ0n) is 14.0. The molecule has 0 spiro atoms. The van der Waals surface area contributed by atoms with Gasteiger partial charge in [-0.15, -0.1) is 0 Å². The fourth-order valence-electron chi connectivity index (χ4n) is 2.54. The van der Waals surface area contributed by atoms with Gasteiger partial charge in [-0.2, -0.15) is 26.3 Å². The molecule has 0 saturated carbocycles. The molecule has 0 fully saturated rings. The first kappa shape index (κ1) is 20.7. The number of nitrogens with zero attached hydrogens (tertiary/aromatic N) is 1. The van der Waals surface area contributed by atoms with Gasteiger partial charge in [0, 0.05) is 19.0 Å². The number of hydrogen-bond acceptors (Lipinski definition) is 1. The molecule has 0 heterocycles. The Labute approximate surface area is 150 Å². The van der Waals surface area contributed by atoms with E-state index in [-0.39, 0.29) is 16.7 Å². The van der Waals surface area contributed by atoms with Crippen molar-refractivity contribution in [3.63, 3.8) is 0 Å². The third kappa shape index (κ3) is 5.45. The highest BCUT2D eigenvalue weighted by molar-refractivity contribution is 5.74. The van der Waals surface area contributed by atoms with Crippen molar-refractivity contribution >= 4 is 5.91 Å². The minimum Gasteiger partial charge on any atom is -0.329 e. The Bertz CT molecular complexity index is 827. The van der Waals surface area contributed by atoms with E-state index in [1.54, 1.807) is 0 Å². The Kier molecular flexibility index (Phi) is 5.82. The van der Waals surface area contributed by atoms with E-state index >= 15 is 0 Å². The van der Waals surface area contributed by atoms with Crippen LogP contribution >= 0.6 is 0 Å². The van der Waals surface area contributed by atoms with Crippen molar-refractivity contribution in [2.45, 2.75) is 25.8 Å². The normalized spacial score (nSPS) is 12.1. The molecule has 0 aromatic heterocycles. The molecule has 0 unspecified atom stereocenters. The van der Waals surface area contributed by atoms with Gasteiger partial charge in [-0.3, -0.25) is 4.79 Å². The Morgan fingerprint density at radius 1 is 0.963 bits per heavy atom. The van der Waals surface area contributed by atoms with Gasteiger partial charge in [0.2, 0.25) is 5.91 Å². The fourth-order valence-corrected chi connectivity index (χ4v) is 2.54. The monoisotopic (exact) mass is 393 g/mol. The average molecular weight is 393 g/mol. The summed E-state index contributed by atoms with van der Waals surface area (Å²) in [6.07, 6.45) is -9.47. The topological polar surface area (TPSA) is 20.3 Å². The maximum Gasteiger partial charge on any atom is 0.416 e. The fraction of sp³-hybridized carbons (Fsp3) is 0.278. The van der Waals surface area contributed by atoms with Crippen molar-refractivity contribution in [2.24, 2.45) is 0 Å². The summed E-state index contributed by atoms with van der Waals surface area (Å²) >= 11 is 0. The molecular weight excluding hydrogens is 379 g/mol. The number of halogens is 7. The summed E-state index contributed by atoms with van der Waals surface area (Å²) in [6.45, 7) is -1.50. The van der Waals surface area contributed by atoms with Crippen LogP contribution in [0.4, 0.5) is 30.7 Å². The minimum atomic E-state index is -4.74. The number of rotatable bonds is 4. The molecule has 0 aliphatic carbocycles. The lowest BCUT2D eigenvalue weighted by Crippen LogP contribution is -2.37. The molecule has 27 heavy (non-hydrogen) atoms. The second kappa shape index (κ2) is 7.58. The van der Waals surface area contributed by atoms with Crippen LogP contribution in [0.5, 0.6) is 0 Å². The van der Waals surface area contributed by atoms with Crippen molar-refractivity contribution < 1.29 is 35.5 Å². The van der Waals surface area contributed by atoms with Gasteiger partial charge in [0.05, 0.1) is 5.56 Å². The van der Waals surface area contributed by atoms with Crippen molar-refractivity contribution in [3.05, 3.63) is 59.4 Å². The Balaban J connectivity index is 2.56. The van der Waals surface area contributed by atoms with Gasteiger partial charge in [-0.1, -0.05) is 24.3 Å². The predicted octanol–water partition coefficient (Wildman–Crippen LogP) is 5.42. The summed E-state index contributed by atoms with van der Waals surface area (Å²) in [4.78, 5) is 11.9. The minimum absolute atomic E-state index is 0.0190. The van der Waals surface area contributed by atoms with E-state index in [4.69, 9.17) is 0 Å². The maximum absolute atomic E-state index is 14.1. The van der Waals surface area contributed by atoms with Crippen LogP contribution in [0.25, 0.3) is 11.1 Å². The molecule has 0 atom stereocenters. The second-order valence-electron chi connectivity index (χ2n) is 5.84. The van der Waals surface area contributed by atoms with Crippen LogP contribution in [-0.2, 0) is 17.5 Å². The lowest BCUT2D eigenvalue weighted by molar-refractivity contribution is -0.161. The van der Waals surface area contributed by atoms with Gasteiger partial charge in [0.25, 0.3) is 0 Å². The van der Waals surface area contributed by atoms with Gasteiger partial charge in [0.1, 0.15) is 12.4 Å². The number of alkyl halides is 6. The van der Waals surface area contributed by atoms with E-state index < -0.39 is 42.7 Å². The first-order valence-electron chi connectivity index (χ1n) is 7.66. The third-order valence-corrected chi connectivity index (χ3v) is 3.77. The Morgan fingerprint density at radius 3 is 2.11 bits per heavy atom. The van der Waals surface area contributed by atoms with E-state index in [0.29, 0.717) is 17.0 Å². The van der Waals surface area contributed by atoms with Gasteiger partial charge in [-0.25, -0.2) is 4.39 Å². The highest BCUT2D eigenvalue weighted by atomic mass is 19.4. The molecule has 2 rings (SSSR count). The third-order valence-electron chi connectivity index (χ3n) is 3.77. The quantitative estimate of drug-likeness (QED) is 0.635. The van der Waals surface area contributed by atoms with E-state index in [9.17, 15) is 35.5 Å². The molecule has 0 N–H and O–H groups in total. The summed E-state index contributed by atoms with van der Waals surface area (Å²) in [7, 11) is 0. The number of amides is 1. The van der Waals surface area contributed by atoms with Gasteiger partial charge >= 0.3 is 12.4 Å². The molecule has 2 nitrogen and oxygen atoms in total. The maximum atomic E-state index is 14.1. The van der Waals surface area contributed by atoms with Crippen molar-refractivity contribution in [2.75, 3.05) is 6.54 Å². The van der Waals surface area contributed by atoms with Gasteiger partial charge in [-0.05, 0) is 29.3 Å². The van der Waals surface area contributed by atoms with Crippen LogP contribution in [-0.4, -0.2) is 23.5 Å². The van der Waals surface area contributed by atoms with Gasteiger partial charge < -0.3 is 4.90 Å². The van der Waals surface area contributed by atoms with Crippen LogP contribution in [0, 0.1) is 5.82 Å². The molecule has 0 radical (unpaired) electrons. The SMILES string of the molecule is CC(=O)N(Cc1cc(C(F)(F)F)ccc1-c1ccccc1F)CC(F)(F)F. The lowest BCUT2D eigenvalue weighted by Gasteiger charge is -2.24. The molecule has 1 amide bonds. The Hall–Kier alpha value is -2.58. The summed E-state index contributed by atoms with van der Waals surface area (Å²) in [5, 5.41) is 0. The van der Waals surface area contributed by atoms with Gasteiger partial charge in [0.15, 0.2) is 0 Å².